The first kappa shape index (κ1) is 19.9. The Hall–Kier alpha value is -2.86. The maximum absolute atomic E-state index is 12.2. The molecule has 5 nitrogen and oxygen atoms in total. The molecule has 0 bridgehead atoms. The molecule has 0 radical (unpaired) electrons. The number of carbonyl (C=O) groups excluding carboxylic acids is 1. The Morgan fingerprint density at radius 2 is 1.82 bits per heavy atom. The summed E-state index contributed by atoms with van der Waals surface area (Å²) in [6, 6.07) is 17.2. The van der Waals surface area contributed by atoms with Gasteiger partial charge < -0.3 is 9.30 Å². The van der Waals surface area contributed by atoms with Crippen LogP contribution in [0.4, 0.5) is 0 Å². The van der Waals surface area contributed by atoms with Crippen LogP contribution in [0.5, 0.6) is 5.75 Å². The Bertz CT molecular complexity index is 990. The maximum atomic E-state index is 12.2. The van der Waals surface area contributed by atoms with Crippen LogP contribution in [0.1, 0.15) is 34.2 Å². The van der Waals surface area contributed by atoms with Crippen LogP contribution in [0, 0.1) is 13.8 Å². The Kier molecular flexibility index (Phi) is 6.31. The number of ether oxygens (including phenoxy) is 1. The molecule has 144 valence electrons. The van der Waals surface area contributed by atoms with Crippen LogP contribution in [0.3, 0.4) is 0 Å². The monoisotopic (exact) mass is 439 g/mol. The molecule has 1 heterocycles. The molecule has 0 saturated heterocycles. The molecule has 0 aliphatic rings. The Balaban J connectivity index is 1.71. The average molecular weight is 440 g/mol. The first-order valence-electron chi connectivity index (χ1n) is 9.00. The lowest BCUT2D eigenvalue weighted by Crippen LogP contribution is -2.17. The van der Waals surface area contributed by atoms with Gasteiger partial charge in [0.15, 0.2) is 0 Å². The van der Waals surface area contributed by atoms with E-state index in [4.69, 9.17) is 4.74 Å². The summed E-state index contributed by atoms with van der Waals surface area (Å²) in [5.74, 6) is 0.476. The number of nitrogens with zero attached hydrogens (tertiary/aromatic N) is 2. The van der Waals surface area contributed by atoms with Crippen LogP contribution in [0.25, 0.3) is 5.69 Å². The van der Waals surface area contributed by atoms with Gasteiger partial charge in [0, 0.05) is 32.7 Å². The van der Waals surface area contributed by atoms with Crippen molar-refractivity contribution in [3.8, 4) is 11.4 Å². The van der Waals surface area contributed by atoms with Gasteiger partial charge in [0.2, 0.25) is 0 Å². The van der Waals surface area contributed by atoms with Crippen molar-refractivity contribution in [3.63, 3.8) is 0 Å². The SMILES string of the molecule is CCOc1ccc(C(=O)N/N=C\c2cc(C)n(-c3ccc(Br)cc3)c2C)cc1. The van der Waals surface area contributed by atoms with Crippen molar-refractivity contribution in [2.45, 2.75) is 20.8 Å². The molecule has 1 N–H and O–H groups in total. The summed E-state index contributed by atoms with van der Waals surface area (Å²) in [6.07, 6.45) is 1.67. The highest BCUT2D eigenvalue weighted by Crippen LogP contribution is 2.21. The summed E-state index contributed by atoms with van der Waals surface area (Å²) in [7, 11) is 0. The van der Waals surface area contributed by atoms with E-state index in [0.717, 1.165) is 32.9 Å². The molecule has 3 aromatic rings. The summed E-state index contributed by atoms with van der Waals surface area (Å²) < 4.78 is 8.58. The molecule has 0 aliphatic heterocycles. The molecule has 0 spiro atoms. The zero-order chi connectivity index (χ0) is 20.1. The molecule has 1 aromatic heterocycles. The highest BCUT2D eigenvalue weighted by Gasteiger charge is 2.10. The smallest absolute Gasteiger partial charge is 0.271 e. The second-order valence-corrected chi connectivity index (χ2v) is 7.21. The standard InChI is InChI=1S/C22H22BrN3O2/c1-4-28-21-11-5-17(6-12-21)22(27)25-24-14-18-13-15(2)26(16(18)3)20-9-7-19(23)8-10-20/h5-14H,4H2,1-3H3,(H,25,27)/b24-14-. The number of hydrogen-bond acceptors (Lipinski definition) is 3. The fourth-order valence-corrected chi connectivity index (χ4v) is 3.26. The number of benzene rings is 2. The Morgan fingerprint density at radius 1 is 1.14 bits per heavy atom. The molecule has 6 heteroatoms. The highest BCUT2D eigenvalue weighted by molar-refractivity contribution is 9.10. The van der Waals surface area contributed by atoms with Crippen molar-refractivity contribution in [2.75, 3.05) is 6.61 Å². The molecule has 1 amide bonds. The van der Waals surface area contributed by atoms with Gasteiger partial charge in [-0.1, -0.05) is 15.9 Å². The lowest BCUT2D eigenvalue weighted by molar-refractivity contribution is 0.0955. The van der Waals surface area contributed by atoms with Crippen molar-refractivity contribution in [1.82, 2.24) is 9.99 Å². The van der Waals surface area contributed by atoms with Crippen molar-refractivity contribution in [1.29, 1.82) is 0 Å². The minimum absolute atomic E-state index is 0.263. The van der Waals surface area contributed by atoms with Gasteiger partial charge >= 0.3 is 0 Å². The molecule has 0 aliphatic carbocycles. The summed E-state index contributed by atoms with van der Waals surface area (Å²) in [5.41, 5.74) is 7.29. The van der Waals surface area contributed by atoms with E-state index in [2.05, 4.69) is 43.2 Å². The quantitative estimate of drug-likeness (QED) is 0.432. The van der Waals surface area contributed by atoms with Gasteiger partial charge in [0.1, 0.15) is 5.75 Å². The van der Waals surface area contributed by atoms with E-state index in [-0.39, 0.29) is 5.91 Å². The largest absolute Gasteiger partial charge is 0.494 e. The molecular weight excluding hydrogens is 418 g/mol. The van der Waals surface area contributed by atoms with Crippen LogP contribution in [0.2, 0.25) is 0 Å². The number of nitrogens with one attached hydrogen (secondary N) is 1. The lowest BCUT2D eigenvalue weighted by Gasteiger charge is -2.09. The average Bonchev–Trinajstić information content (AvgIpc) is 2.97. The molecule has 0 saturated carbocycles. The number of hydrogen-bond donors (Lipinski definition) is 1. The minimum Gasteiger partial charge on any atom is -0.494 e. The number of aryl methyl sites for hydroxylation is 1. The van der Waals surface area contributed by atoms with E-state index < -0.39 is 0 Å². The van der Waals surface area contributed by atoms with Gasteiger partial charge in [-0.3, -0.25) is 4.79 Å². The fourth-order valence-electron chi connectivity index (χ4n) is 3.00. The van der Waals surface area contributed by atoms with Gasteiger partial charge in [-0.05, 0) is 75.4 Å². The maximum Gasteiger partial charge on any atom is 0.271 e. The van der Waals surface area contributed by atoms with Gasteiger partial charge in [0.05, 0.1) is 12.8 Å². The summed E-state index contributed by atoms with van der Waals surface area (Å²) in [6.45, 7) is 6.59. The van der Waals surface area contributed by atoms with Crippen LogP contribution in [-0.4, -0.2) is 23.3 Å². The number of rotatable bonds is 6. The topological polar surface area (TPSA) is 55.6 Å². The normalized spacial score (nSPS) is 11.0. The molecular formula is C22H22BrN3O2. The second-order valence-electron chi connectivity index (χ2n) is 6.29. The third kappa shape index (κ3) is 4.51. The molecule has 0 atom stereocenters. The minimum atomic E-state index is -0.263. The predicted molar refractivity (Wildman–Crippen MR) is 116 cm³/mol. The third-order valence-electron chi connectivity index (χ3n) is 4.35. The summed E-state index contributed by atoms with van der Waals surface area (Å²) >= 11 is 3.46. The number of amides is 1. The summed E-state index contributed by atoms with van der Waals surface area (Å²) in [4.78, 5) is 12.2. The fraction of sp³-hybridized carbons (Fsp3) is 0.182. The number of aromatic nitrogens is 1. The molecule has 0 fully saturated rings. The van der Waals surface area contributed by atoms with Gasteiger partial charge in [0.25, 0.3) is 5.91 Å². The summed E-state index contributed by atoms with van der Waals surface area (Å²) in [5, 5.41) is 4.12. The van der Waals surface area contributed by atoms with Gasteiger partial charge in [-0.2, -0.15) is 5.10 Å². The highest BCUT2D eigenvalue weighted by atomic mass is 79.9. The lowest BCUT2D eigenvalue weighted by atomic mass is 10.2. The molecule has 2 aromatic carbocycles. The van der Waals surface area contributed by atoms with Crippen LogP contribution in [0.15, 0.2) is 64.2 Å². The Morgan fingerprint density at radius 3 is 2.46 bits per heavy atom. The van der Waals surface area contributed by atoms with Crippen molar-refractivity contribution in [3.05, 3.63) is 81.6 Å². The Labute approximate surface area is 173 Å². The predicted octanol–water partition coefficient (Wildman–Crippen LogP) is 5.02. The van der Waals surface area contributed by atoms with E-state index in [1.807, 2.05) is 39.0 Å². The van der Waals surface area contributed by atoms with Crippen LogP contribution >= 0.6 is 15.9 Å². The third-order valence-corrected chi connectivity index (χ3v) is 4.88. The van der Waals surface area contributed by atoms with Crippen molar-refractivity contribution >= 4 is 28.1 Å². The zero-order valence-corrected chi connectivity index (χ0v) is 17.7. The zero-order valence-electron chi connectivity index (χ0n) is 16.1. The van der Waals surface area contributed by atoms with E-state index in [9.17, 15) is 4.79 Å². The van der Waals surface area contributed by atoms with E-state index in [1.54, 1.807) is 30.5 Å². The first-order valence-corrected chi connectivity index (χ1v) is 9.80. The van der Waals surface area contributed by atoms with E-state index in [1.165, 1.54) is 0 Å². The molecule has 3 rings (SSSR count). The molecule has 28 heavy (non-hydrogen) atoms. The van der Waals surface area contributed by atoms with Gasteiger partial charge in [-0.15, -0.1) is 0 Å². The van der Waals surface area contributed by atoms with Crippen molar-refractivity contribution < 1.29 is 9.53 Å². The number of hydrazone groups is 1. The number of carbonyl (C=O) groups is 1. The van der Waals surface area contributed by atoms with Crippen molar-refractivity contribution in [2.24, 2.45) is 5.10 Å². The number of halogens is 1. The first-order chi connectivity index (χ1) is 13.5. The van der Waals surface area contributed by atoms with Gasteiger partial charge in [-0.25, -0.2) is 5.43 Å². The van der Waals surface area contributed by atoms with E-state index in [0.29, 0.717) is 12.2 Å². The second kappa shape index (κ2) is 8.89. The van der Waals surface area contributed by atoms with Crippen LogP contribution in [-0.2, 0) is 0 Å². The van der Waals surface area contributed by atoms with Crippen LogP contribution < -0.4 is 10.2 Å². The molecule has 0 unspecified atom stereocenters. The van der Waals surface area contributed by atoms with E-state index >= 15 is 0 Å².